The maximum absolute atomic E-state index is 7.16. The molecule has 1 aliphatic rings. The average molecular weight is 481 g/mol. The Balaban J connectivity index is 3.65. The summed E-state index contributed by atoms with van der Waals surface area (Å²) in [7, 11) is -8.16. The molecule has 6 nitrogen and oxygen atoms in total. The van der Waals surface area contributed by atoms with E-state index in [0.29, 0.717) is 19.8 Å². The van der Waals surface area contributed by atoms with Gasteiger partial charge in [-0.2, -0.15) is 0 Å². The first kappa shape index (κ1) is 28.4. The Labute approximate surface area is 189 Å². The topological polar surface area (TPSA) is 55.4 Å². The molecule has 0 radical (unpaired) electrons. The van der Waals surface area contributed by atoms with Crippen LogP contribution in [0.2, 0.25) is 18.1 Å². The maximum atomic E-state index is 7.16. The van der Waals surface area contributed by atoms with Crippen LogP contribution in [0.15, 0.2) is 0 Å². The van der Waals surface area contributed by atoms with Gasteiger partial charge in [0.15, 0.2) is 0 Å². The standard InChI is InChI=1S/C21H48O6Si3/c1-10-16-28(19(7)22-13-4)25-29(17-11-2,20(8)23-14-5)27-30(26-28,18-12-3)21(9)24-15-6/h19-21H,10-18H2,1-9H3. The van der Waals surface area contributed by atoms with Crippen molar-refractivity contribution in [3.8, 4) is 0 Å². The third-order valence-electron chi connectivity index (χ3n) is 5.94. The van der Waals surface area contributed by atoms with Crippen molar-refractivity contribution in [2.75, 3.05) is 19.8 Å². The highest BCUT2D eigenvalue weighted by atomic mass is 28.5. The number of rotatable bonds is 15. The second-order valence-corrected chi connectivity index (χ2v) is 19.5. The molecule has 0 aromatic rings. The Morgan fingerprint density at radius 3 is 0.900 bits per heavy atom. The molecule has 1 saturated heterocycles. The normalized spacial score (nSPS) is 32.7. The van der Waals surface area contributed by atoms with Crippen LogP contribution in [0.3, 0.4) is 0 Å². The summed E-state index contributed by atoms with van der Waals surface area (Å²) in [4.78, 5) is 0. The third kappa shape index (κ3) is 6.48. The van der Waals surface area contributed by atoms with Gasteiger partial charge in [0.2, 0.25) is 0 Å². The fourth-order valence-corrected chi connectivity index (χ4v) is 24.2. The first-order valence-electron chi connectivity index (χ1n) is 12.2. The van der Waals surface area contributed by atoms with Crippen LogP contribution in [0.5, 0.6) is 0 Å². The lowest BCUT2D eigenvalue weighted by Crippen LogP contribution is -2.79. The molecule has 0 saturated carbocycles. The second-order valence-electron chi connectivity index (χ2n) is 8.28. The first-order chi connectivity index (χ1) is 14.2. The van der Waals surface area contributed by atoms with Crippen LogP contribution >= 0.6 is 0 Å². The van der Waals surface area contributed by atoms with Gasteiger partial charge in [-0.05, 0) is 59.7 Å². The van der Waals surface area contributed by atoms with E-state index < -0.39 is 25.7 Å². The van der Waals surface area contributed by atoms with Crippen LogP contribution in [-0.2, 0) is 26.6 Å². The van der Waals surface area contributed by atoms with Crippen molar-refractivity contribution in [2.45, 2.75) is 117 Å². The Morgan fingerprint density at radius 1 is 0.500 bits per heavy atom. The molecular weight excluding hydrogens is 432 g/mol. The highest BCUT2D eigenvalue weighted by Gasteiger charge is 2.67. The molecule has 9 heteroatoms. The van der Waals surface area contributed by atoms with Gasteiger partial charge >= 0.3 is 25.7 Å². The molecule has 1 heterocycles. The Kier molecular flexibility index (Phi) is 12.5. The lowest BCUT2D eigenvalue weighted by atomic mass is 10.6. The van der Waals surface area contributed by atoms with Crippen LogP contribution in [0, 0.1) is 0 Å². The van der Waals surface area contributed by atoms with E-state index >= 15 is 0 Å². The summed E-state index contributed by atoms with van der Waals surface area (Å²) in [6.45, 7) is 21.1. The van der Waals surface area contributed by atoms with Crippen LogP contribution in [-0.4, -0.2) is 62.7 Å². The van der Waals surface area contributed by atoms with E-state index in [4.69, 9.17) is 26.6 Å². The van der Waals surface area contributed by atoms with E-state index in [9.17, 15) is 0 Å². The number of hydrogen-bond acceptors (Lipinski definition) is 6. The molecule has 0 amide bonds. The van der Waals surface area contributed by atoms with Crippen molar-refractivity contribution in [2.24, 2.45) is 0 Å². The first-order valence-corrected chi connectivity index (χ1v) is 18.5. The minimum Gasteiger partial charge on any atom is -0.412 e. The molecule has 0 bridgehead atoms. The van der Waals surface area contributed by atoms with Crippen molar-refractivity contribution < 1.29 is 26.6 Å². The summed E-state index contributed by atoms with van der Waals surface area (Å²) in [5, 5.41) is 0. The zero-order valence-corrected chi connectivity index (χ0v) is 24.0. The molecule has 0 spiro atoms. The van der Waals surface area contributed by atoms with Crippen molar-refractivity contribution >= 4 is 25.7 Å². The van der Waals surface area contributed by atoms with Crippen LogP contribution in [0.25, 0.3) is 0 Å². The van der Waals surface area contributed by atoms with E-state index in [2.05, 4.69) is 41.5 Å². The van der Waals surface area contributed by atoms with Crippen molar-refractivity contribution in [1.82, 2.24) is 0 Å². The van der Waals surface area contributed by atoms with E-state index in [-0.39, 0.29) is 17.2 Å². The summed E-state index contributed by atoms with van der Waals surface area (Å²) in [6.07, 6.45) is 3.01. The maximum Gasteiger partial charge on any atom is 0.350 e. The number of hydrogen-bond donors (Lipinski definition) is 0. The van der Waals surface area contributed by atoms with Crippen LogP contribution in [0.1, 0.15) is 81.6 Å². The Bertz CT molecular complexity index is 409. The van der Waals surface area contributed by atoms with Crippen molar-refractivity contribution in [3.63, 3.8) is 0 Å². The summed E-state index contributed by atoms with van der Waals surface area (Å²) < 4.78 is 40.0. The van der Waals surface area contributed by atoms with Crippen LogP contribution < -0.4 is 0 Å². The summed E-state index contributed by atoms with van der Waals surface area (Å²) in [6, 6.07) is 2.73. The molecule has 1 rings (SSSR count). The fourth-order valence-electron chi connectivity index (χ4n) is 4.53. The number of ether oxygens (including phenoxy) is 3. The van der Waals surface area contributed by atoms with E-state index in [1.54, 1.807) is 0 Å². The fraction of sp³-hybridized carbons (Fsp3) is 1.00. The van der Waals surface area contributed by atoms with Gasteiger partial charge in [0.25, 0.3) is 0 Å². The van der Waals surface area contributed by atoms with Crippen molar-refractivity contribution in [3.05, 3.63) is 0 Å². The lowest BCUT2D eigenvalue weighted by Gasteiger charge is -2.57. The largest absolute Gasteiger partial charge is 0.412 e. The molecule has 3 unspecified atom stereocenters. The second kappa shape index (κ2) is 13.2. The third-order valence-corrected chi connectivity index (χ3v) is 22.0. The minimum atomic E-state index is -2.72. The van der Waals surface area contributed by atoms with Gasteiger partial charge in [0.1, 0.15) is 0 Å². The zero-order chi connectivity index (χ0) is 22.8. The van der Waals surface area contributed by atoms with Gasteiger partial charge in [-0.25, -0.2) is 0 Å². The zero-order valence-electron chi connectivity index (χ0n) is 21.0. The van der Waals surface area contributed by atoms with Gasteiger partial charge in [0.05, 0.1) is 17.2 Å². The molecule has 0 aromatic carbocycles. The Hall–Kier alpha value is 0.411. The Morgan fingerprint density at radius 2 is 0.733 bits per heavy atom. The molecule has 3 atom stereocenters. The van der Waals surface area contributed by atoms with Gasteiger partial charge in [0, 0.05) is 19.8 Å². The molecule has 30 heavy (non-hydrogen) atoms. The van der Waals surface area contributed by atoms with E-state index in [0.717, 1.165) is 37.4 Å². The molecule has 180 valence electrons. The van der Waals surface area contributed by atoms with Gasteiger partial charge in [-0.3, -0.25) is 0 Å². The monoisotopic (exact) mass is 480 g/mol. The van der Waals surface area contributed by atoms with Gasteiger partial charge in [-0.15, -0.1) is 0 Å². The predicted molar refractivity (Wildman–Crippen MR) is 129 cm³/mol. The quantitative estimate of drug-likeness (QED) is 0.289. The van der Waals surface area contributed by atoms with Crippen LogP contribution in [0.4, 0.5) is 0 Å². The van der Waals surface area contributed by atoms with E-state index in [1.807, 2.05) is 20.8 Å². The lowest BCUT2D eigenvalue weighted by molar-refractivity contribution is 0.0331. The van der Waals surface area contributed by atoms with Gasteiger partial charge in [-0.1, -0.05) is 40.0 Å². The summed E-state index contributed by atoms with van der Waals surface area (Å²) >= 11 is 0. The highest BCUT2D eigenvalue weighted by Crippen LogP contribution is 2.44. The van der Waals surface area contributed by atoms with E-state index in [1.165, 1.54) is 0 Å². The molecule has 0 aromatic heterocycles. The molecule has 1 fully saturated rings. The molecule has 0 N–H and O–H groups in total. The SMILES string of the molecule is CCC[Si]1(C(C)OCC)O[Si](CCC)(C(C)OCC)O[Si](CCC)(C(C)OCC)O1. The van der Waals surface area contributed by atoms with Gasteiger partial charge < -0.3 is 26.6 Å². The van der Waals surface area contributed by atoms with Crippen molar-refractivity contribution in [1.29, 1.82) is 0 Å². The molecule has 0 aliphatic carbocycles. The summed E-state index contributed by atoms with van der Waals surface area (Å²) in [5.74, 6) is 0. The minimum absolute atomic E-state index is 0.0542. The smallest absolute Gasteiger partial charge is 0.350 e. The summed E-state index contributed by atoms with van der Waals surface area (Å²) in [5.41, 5.74) is -0.163. The highest BCUT2D eigenvalue weighted by molar-refractivity contribution is 6.95. The molecule has 1 aliphatic heterocycles. The molecular formula is C21H48O6Si3. The average Bonchev–Trinajstić information content (AvgIpc) is 2.69. The predicted octanol–water partition coefficient (Wildman–Crippen LogP) is 5.50.